The van der Waals surface area contributed by atoms with Crippen LogP contribution < -0.4 is 0 Å². The number of aldehydes is 1. The van der Waals surface area contributed by atoms with E-state index in [9.17, 15) is 31.1 Å². The van der Waals surface area contributed by atoms with Gasteiger partial charge in [-0.25, -0.2) is 0 Å². The highest BCUT2D eigenvalue weighted by atomic mass is 19.4. The molecule has 2 nitrogen and oxygen atoms in total. The Balaban J connectivity index is 2.59. The molecule has 0 saturated heterocycles. The summed E-state index contributed by atoms with van der Waals surface area (Å²) >= 11 is 0. The molecule has 136 valence electrons. The van der Waals surface area contributed by atoms with Gasteiger partial charge in [-0.15, -0.1) is 0 Å². The zero-order valence-electron chi connectivity index (χ0n) is 12.8. The minimum atomic E-state index is -4.85. The number of ether oxygens (including phenoxy) is 1. The minimum absolute atomic E-state index is 0.0938. The topological polar surface area (TPSA) is 26.3 Å². The Morgan fingerprint density at radius 3 is 1.88 bits per heavy atom. The van der Waals surface area contributed by atoms with Crippen molar-refractivity contribution >= 4 is 6.29 Å². The van der Waals surface area contributed by atoms with Crippen LogP contribution in [0.5, 0.6) is 0 Å². The molecular weight excluding hydrogens is 338 g/mol. The summed E-state index contributed by atoms with van der Waals surface area (Å²) in [6, 6.07) is 1.43. The van der Waals surface area contributed by atoms with Gasteiger partial charge in [-0.05, 0) is 36.6 Å². The fraction of sp³-hybridized carbons (Fsp3) is 0.562. The third-order valence-corrected chi connectivity index (χ3v) is 3.28. The van der Waals surface area contributed by atoms with E-state index >= 15 is 0 Å². The van der Waals surface area contributed by atoms with Crippen LogP contribution in [0.2, 0.25) is 0 Å². The van der Waals surface area contributed by atoms with Crippen LogP contribution >= 0.6 is 0 Å². The molecule has 0 heterocycles. The lowest BCUT2D eigenvalue weighted by atomic mass is 10.1. The highest BCUT2D eigenvalue weighted by molar-refractivity contribution is 5.48. The number of hydrogen-bond acceptors (Lipinski definition) is 2. The second kappa shape index (κ2) is 9.05. The van der Waals surface area contributed by atoms with Crippen molar-refractivity contribution in [3.63, 3.8) is 0 Å². The quantitative estimate of drug-likeness (QED) is 0.337. The van der Waals surface area contributed by atoms with E-state index in [0.29, 0.717) is 25.0 Å². The molecular formula is C16H18F6O2. The van der Waals surface area contributed by atoms with E-state index < -0.39 is 23.5 Å². The van der Waals surface area contributed by atoms with E-state index in [0.717, 1.165) is 25.5 Å². The molecule has 0 aromatic heterocycles. The molecule has 0 atom stereocenters. The van der Waals surface area contributed by atoms with Crippen LogP contribution in [0.3, 0.4) is 0 Å². The maximum atomic E-state index is 12.7. The van der Waals surface area contributed by atoms with Gasteiger partial charge in [0.25, 0.3) is 0 Å². The number of alkyl halides is 6. The van der Waals surface area contributed by atoms with E-state index in [4.69, 9.17) is 4.74 Å². The summed E-state index contributed by atoms with van der Waals surface area (Å²) < 4.78 is 81.3. The first kappa shape index (κ1) is 20.5. The first-order valence-corrected chi connectivity index (χ1v) is 7.44. The van der Waals surface area contributed by atoms with Crippen LogP contribution in [-0.2, 0) is 28.5 Å². The smallest absolute Gasteiger partial charge is 0.377 e. The van der Waals surface area contributed by atoms with Crippen molar-refractivity contribution in [1.29, 1.82) is 0 Å². The Bertz CT molecular complexity index is 490. The number of benzene rings is 1. The van der Waals surface area contributed by atoms with Gasteiger partial charge >= 0.3 is 12.4 Å². The molecule has 0 fully saturated rings. The number of carbonyl (C=O) groups excluding carboxylic acids is 1. The molecule has 0 saturated carbocycles. The van der Waals surface area contributed by atoms with Gasteiger partial charge in [0, 0.05) is 13.0 Å². The average Bonchev–Trinajstić information content (AvgIpc) is 2.48. The zero-order valence-corrected chi connectivity index (χ0v) is 12.8. The molecule has 8 heteroatoms. The van der Waals surface area contributed by atoms with Crippen LogP contribution in [0.1, 0.15) is 48.8 Å². The molecule has 0 bridgehead atoms. The average molecular weight is 356 g/mol. The predicted octanol–water partition coefficient (Wildman–Crippen LogP) is 5.39. The Hall–Kier alpha value is -1.57. The first-order valence-electron chi connectivity index (χ1n) is 7.44. The van der Waals surface area contributed by atoms with Gasteiger partial charge in [-0.3, -0.25) is 0 Å². The fourth-order valence-electron chi connectivity index (χ4n) is 2.08. The van der Waals surface area contributed by atoms with Crippen LogP contribution in [0.15, 0.2) is 18.2 Å². The maximum Gasteiger partial charge on any atom is 0.416 e. The SMILES string of the molecule is O=CCCCCCCOCc1cc(C(F)(F)F)cc(C(F)(F)F)c1. The molecule has 0 aliphatic heterocycles. The summed E-state index contributed by atoms with van der Waals surface area (Å²) in [6.45, 7) is -0.0833. The summed E-state index contributed by atoms with van der Waals surface area (Å²) in [4.78, 5) is 10.1. The number of unbranched alkanes of at least 4 members (excludes halogenated alkanes) is 4. The molecule has 1 aromatic rings. The Morgan fingerprint density at radius 1 is 0.833 bits per heavy atom. The number of carbonyl (C=O) groups is 1. The summed E-state index contributed by atoms with van der Waals surface area (Å²) in [7, 11) is 0. The third-order valence-electron chi connectivity index (χ3n) is 3.28. The molecule has 0 unspecified atom stereocenters. The van der Waals surface area contributed by atoms with Crippen molar-refractivity contribution in [2.24, 2.45) is 0 Å². The van der Waals surface area contributed by atoms with Gasteiger partial charge in [0.1, 0.15) is 6.29 Å². The largest absolute Gasteiger partial charge is 0.416 e. The van der Waals surface area contributed by atoms with Crippen molar-refractivity contribution < 1.29 is 35.9 Å². The van der Waals surface area contributed by atoms with Crippen molar-refractivity contribution in [2.75, 3.05) is 6.61 Å². The van der Waals surface area contributed by atoms with Crippen LogP contribution in [-0.4, -0.2) is 12.9 Å². The van der Waals surface area contributed by atoms with Gasteiger partial charge in [0.15, 0.2) is 0 Å². The zero-order chi connectivity index (χ0) is 18.2. The second-order valence-corrected chi connectivity index (χ2v) is 5.34. The predicted molar refractivity (Wildman–Crippen MR) is 75.3 cm³/mol. The number of rotatable bonds is 9. The van der Waals surface area contributed by atoms with Gasteiger partial charge in [-0.1, -0.05) is 12.8 Å². The van der Waals surface area contributed by atoms with Crippen molar-refractivity contribution in [2.45, 2.75) is 51.1 Å². The van der Waals surface area contributed by atoms with Crippen molar-refractivity contribution in [1.82, 2.24) is 0 Å². The molecule has 0 amide bonds. The number of halogens is 6. The second-order valence-electron chi connectivity index (χ2n) is 5.34. The fourth-order valence-corrected chi connectivity index (χ4v) is 2.08. The van der Waals surface area contributed by atoms with Crippen molar-refractivity contribution in [3.05, 3.63) is 34.9 Å². The summed E-state index contributed by atoms with van der Waals surface area (Å²) in [6.07, 6.45) is -5.42. The standard InChI is InChI=1S/C16H18F6O2/c17-15(18,19)13-8-12(9-14(10-13)16(20,21)22)11-24-7-5-3-1-2-4-6-23/h6,8-10H,1-5,7,11H2. The molecule has 0 N–H and O–H groups in total. The van der Waals surface area contributed by atoms with Gasteiger partial charge in [0.05, 0.1) is 17.7 Å². The lowest BCUT2D eigenvalue weighted by molar-refractivity contribution is -0.143. The van der Waals surface area contributed by atoms with Gasteiger partial charge in [0.2, 0.25) is 0 Å². The molecule has 1 aromatic carbocycles. The molecule has 0 radical (unpaired) electrons. The van der Waals surface area contributed by atoms with Crippen molar-refractivity contribution in [3.8, 4) is 0 Å². The molecule has 0 aliphatic carbocycles. The highest BCUT2D eigenvalue weighted by Crippen LogP contribution is 2.36. The maximum absolute atomic E-state index is 12.7. The van der Waals surface area contributed by atoms with Crippen LogP contribution in [0.4, 0.5) is 26.3 Å². The molecule has 24 heavy (non-hydrogen) atoms. The summed E-state index contributed by atoms with van der Waals surface area (Å²) in [5.41, 5.74) is -2.85. The monoisotopic (exact) mass is 356 g/mol. The Morgan fingerprint density at radius 2 is 1.38 bits per heavy atom. The van der Waals surface area contributed by atoms with Gasteiger partial charge < -0.3 is 9.53 Å². The minimum Gasteiger partial charge on any atom is -0.377 e. The van der Waals surface area contributed by atoms with Crippen LogP contribution in [0, 0.1) is 0 Å². The Labute approximate surface area is 135 Å². The third kappa shape index (κ3) is 7.33. The normalized spacial score (nSPS) is 12.4. The summed E-state index contributed by atoms with van der Waals surface area (Å²) in [5, 5.41) is 0. The molecule has 1 rings (SSSR count). The van der Waals surface area contributed by atoms with E-state index in [1.807, 2.05) is 0 Å². The highest BCUT2D eigenvalue weighted by Gasteiger charge is 2.36. The van der Waals surface area contributed by atoms with E-state index in [1.165, 1.54) is 0 Å². The Kier molecular flexibility index (Phi) is 7.72. The van der Waals surface area contributed by atoms with E-state index in [-0.39, 0.29) is 24.8 Å². The number of hydrogen-bond donors (Lipinski definition) is 0. The van der Waals surface area contributed by atoms with Gasteiger partial charge in [-0.2, -0.15) is 26.3 Å². The molecule has 0 spiro atoms. The van der Waals surface area contributed by atoms with Crippen LogP contribution in [0.25, 0.3) is 0 Å². The lowest BCUT2D eigenvalue weighted by Gasteiger charge is -2.14. The molecule has 0 aliphatic rings. The summed E-state index contributed by atoms with van der Waals surface area (Å²) in [5.74, 6) is 0. The van der Waals surface area contributed by atoms with E-state index in [1.54, 1.807) is 0 Å². The lowest BCUT2D eigenvalue weighted by Crippen LogP contribution is -2.12. The first-order chi connectivity index (χ1) is 11.1. The van der Waals surface area contributed by atoms with E-state index in [2.05, 4.69) is 0 Å².